The number of aromatic nitrogens is 1. The number of hydrogen-bond acceptors (Lipinski definition) is 6. The Morgan fingerprint density at radius 1 is 1.12 bits per heavy atom. The number of amides is 2. The van der Waals surface area contributed by atoms with E-state index in [0.29, 0.717) is 5.69 Å². The molecule has 0 radical (unpaired) electrons. The number of anilines is 1. The lowest BCUT2D eigenvalue weighted by atomic mass is 9.98. The van der Waals surface area contributed by atoms with Crippen molar-refractivity contribution in [1.29, 1.82) is 0 Å². The molecule has 4 rings (SSSR count). The highest BCUT2D eigenvalue weighted by atomic mass is 32.1. The number of carboxylic acid groups (broad SMARTS) is 1. The molecule has 2 aromatic carbocycles. The van der Waals surface area contributed by atoms with Gasteiger partial charge in [0.15, 0.2) is 0 Å². The van der Waals surface area contributed by atoms with Gasteiger partial charge in [-0.05, 0) is 47.6 Å². The van der Waals surface area contributed by atoms with Crippen molar-refractivity contribution in [3.63, 3.8) is 0 Å². The third kappa shape index (κ3) is 4.51. The van der Waals surface area contributed by atoms with Crippen LogP contribution in [0.4, 0.5) is 9.80 Å². The van der Waals surface area contributed by atoms with Gasteiger partial charge in [0.25, 0.3) is 0 Å². The number of rotatable bonds is 7. The van der Waals surface area contributed by atoms with Gasteiger partial charge in [-0.3, -0.25) is 4.79 Å². The van der Waals surface area contributed by atoms with Crippen molar-refractivity contribution in [2.45, 2.75) is 32.2 Å². The van der Waals surface area contributed by atoms with Crippen molar-refractivity contribution in [2.75, 3.05) is 18.6 Å². The number of hydrogen-bond donors (Lipinski definition) is 2. The zero-order valence-electron chi connectivity index (χ0n) is 19.1. The molecule has 2 N–H and O–H groups in total. The number of benzene rings is 2. The lowest BCUT2D eigenvalue weighted by Gasteiger charge is -2.20. The maximum atomic E-state index is 12.7. The summed E-state index contributed by atoms with van der Waals surface area (Å²) in [7, 11) is 1.50. The number of nitrogens with zero attached hydrogens (tertiary/aromatic N) is 2. The molecule has 0 fully saturated rings. The van der Waals surface area contributed by atoms with Gasteiger partial charge in [-0.1, -0.05) is 48.5 Å². The number of nitrogens with one attached hydrogen (secondary N) is 1. The second-order valence-corrected chi connectivity index (χ2v) is 9.03. The molecule has 0 spiro atoms. The fraction of sp³-hybridized carbons (Fsp3) is 0.280. The Kier molecular flexibility index (Phi) is 6.65. The molecule has 176 valence electrons. The lowest BCUT2D eigenvalue weighted by Crippen LogP contribution is -2.38. The Balaban J connectivity index is 1.34. The normalized spacial score (nSPS) is 13.0. The Labute approximate surface area is 201 Å². The van der Waals surface area contributed by atoms with E-state index >= 15 is 0 Å². The molecule has 1 unspecified atom stereocenters. The lowest BCUT2D eigenvalue weighted by molar-refractivity contribution is -0.118. The average molecular weight is 480 g/mol. The van der Waals surface area contributed by atoms with E-state index in [4.69, 9.17) is 4.74 Å². The van der Waals surface area contributed by atoms with Gasteiger partial charge in [-0.15, -0.1) is 0 Å². The topological polar surface area (TPSA) is 109 Å². The number of fused-ring (bicyclic) bond motifs is 3. The first-order valence-electron chi connectivity index (χ1n) is 10.9. The molecular weight excluding hydrogens is 454 g/mol. The van der Waals surface area contributed by atoms with Gasteiger partial charge >= 0.3 is 12.1 Å². The smallest absolute Gasteiger partial charge is 0.407 e. The summed E-state index contributed by atoms with van der Waals surface area (Å²) in [4.78, 5) is 37.9. The molecule has 8 nitrogen and oxygen atoms in total. The minimum absolute atomic E-state index is 0.0120. The number of aromatic carboxylic acids is 1. The highest BCUT2D eigenvalue weighted by molar-refractivity contribution is 7.11. The van der Waals surface area contributed by atoms with Gasteiger partial charge in [-0.2, -0.15) is 4.37 Å². The van der Waals surface area contributed by atoms with Crippen LogP contribution in [0.25, 0.3) is 11.1 Å². The number of carbonyl (C=O) groups is 3. The summed E-state index contributed by atoms with van der Waals surface area (Å²) in [6.07, 6.45) is -0.624. The maximum Gasteiger partial charge on any atom is 0.407 e. The van der Waals surface area contributed by atoms with Gasteiger partial charge in [0.1, 0.15) is 17.2 Å². The van der Waals surface area contributed by atoms with Crippen LogP contribution in [0.5, 0.6) is 0 Å². The Bertz CT molecular complexity index is 1210. The zero-order chi connectivity index (χ0) is 24.4. The minimum atomic E-state index is -1.13. The van der Waals surface area contributed by atoms with Crippen molar-refractivity contribution in [2.24, 2.45) is 0 Å². The van der Waals surface area contributed by atoms with Crippen molar-refractivity contribution in [1.82, 2.24) is 9.69 Å². The van der Waals surface area contributed by atoms with Crippen LogP contribution < -0.4 is 10.2 Å². The molecule has 34 heavy (non-hydrogen) atoms. The zero-order valence-corrected chi connectivity index (χ0v) is 19.9. The standard InChI is InChI=1S/C25H25N3O5S/c1-14(12-21(29)28(3)23-22(24(30)31)15(2)27-34-23)26-25(32)33-13-20-18-10-6-4-8-16(18)17-9-5-7-11-19(17)20/h4-11,14,20H,12-13H2,1-3H3,(H,26,32)(H,30,31). The fourth-order valence-corrected chi connectivity index (χ4v) is 5.10. The predicted molar refractivity (Wildman–Crippen MR) is 130 cm³/mol. The molecule has 0 saturated carbocycles. The Hall–Kier alpha value is -3.72. The van der Waals surface area contributed by atoms with Crippen LogP contribution >= 0.6 is 11.5 Å². The number of aryl methyl sites for hydroxylation is 1. The second-order valence-electron chi connectivity index (χ2n) is 8.28. The van der Waals surface area contributed by atoms with Crippen LogP contribution in [0.1, 0.15) is 46.4 Å². The first kappa shape index (κ1) is 23.4. The maximum absolute atomic E-state index is 12.7. The van der Waals surface area contributed by atoms with E-state index in [1.54, 1.807) is 13.8 Å². The molecular formula is C25H25N3O5S. The van der Waals surface area contributed by atoms with Crippen molar-refractivity contribution in [3.8, 4) is 11.1 Å². The molecule has 2 amide bonds. The summed E-state index contributed by atoms with van der Waals surface area (Å²) in [6, 6.07) is 15.7. The SMILES string of the molecule is Cc1nsc(N(C)C(=O)CC(C)NC(=O)OCC2c3ccccc3-c3ccccc32)c1C(=O)O. The number of carboxylic acids is 1. The molecule has 1 aliphatic rings. The van der Waals surface area contributed by atoms with E-state index in [0.717, 1.165) is 33.8 Å². The van der Waals surface area contributed by atoms with Gasteiger partial charge in [-0.25, -0.2) is 9.59 Å². The van der Waals surface area contributed by atoms with Gasteiger partial charge in [0, 0.05) is 25.4 Å². The summed E-state index contributed by atoms with van der Waals surface area (Å²) in [6.45, 7) is 3.47. The quantitative estimate of drug-likeness (QED) is 0.519. The van der Waals surface area contributed by atoms with Crippen LogP contribution in [0.2, 0.25) is 0 Å². The molecule has 3 aromatic rings. The third-order valence-electron chi connectivity index (χ3n) is 5.93. The molecule has 1 atom stereocenters. The summed E-state index contributed by atoms with van der Waals surface area (Å²) in [5, 5.41) is 12.4. The van der Waals surface area contributed by atoms with E-state index < -0.39 is 18.1 Å². The van der Waals surface area contributed by atoms with E-state index in [9.17, 15) is 19.5 Å². The largest absolute Gasteiger partial charge is 0.478 e. The predicted octanol–water partition coefficient (Wildman–Crippen LogP) is 4.43. The van der Waals surface area contributed by atoms with Gasteiger partial charge in [0.2, 0.25) is 5.91 Å². The number of ether oxygens (including phenoxy) is 1. The van der Waals surface area contributed by atoms with Gasteiger partial charge in [0.05, 0.1) is 5.69 Å². The molecule has 0 bridgehead atoms. The highest BCUT2D eigenvalue weighted by Crippen LogP contribution is 2.44. The summed E-state index contributed by atoms with van der Waals surface area (Å²) >= 11 is 0.955. The van der Waals surface area contributed by atoms with Crippen molar-refractivity contribution < 1.29 is 24.2 Å². The average Bonchev–Trinajstić information content (AvgIpc) is 3.35. The fourth-order valence-electron chi connectivity index (χ4n) is 4.24. The molecule has 0 saturated heterocycles. The summed E-state index contributed by atoms with van der Waals surface area (Å²) in [5.41, 5.74) is 4.90. The number of carbonyl (C=O) groups excluding carboxylic acids is 2. The van der Waals surface area contributed by atoms with Crippen LogP contribution in [-0.4, -0.2) is 47.1 Å². The van der Waals surface area contributed by atoms with E-state index in [-0.39, 0.29) is 35.4 Å². The van der Waals surface area contributed by atoms with Crippen molar-refractivity contribution >= 4 is 34.5 Å². The van der Waals surface area contributed by atoms with E-state index in [1.165, 1.54) is 11.9 Å². The van der Waals surface area contributed by atoms with E-state index in [2.05, 4.69) is 21.8 Å². The molecule has 1 heterocycles. The third-order valence-corrected chi connectivity index (χ3v) is 6.94. The Morgan fingerprint density at radius 2 is 1.71 bits per heavy atom. The second kappa shape index (κ2) is 9.64. The highest BCUT2D eigenvalue weighted by Gasteiger charge is 2.29. The molecule has 1 aliphatic carbocycles. The van der Waals surface area contributed by atoms with Crippen LogP contribution in [-0.2, 0) is 9.53 Å². The van der Waals surface area contributed by atoms with Crippen molar-refractivity contribution in [3.05, 3.63) is 70.9 Å². The number of alkyl carbamates (subject to hydrolysis) is 1. The minimum Gasteiger partial charge on any atom is -0.478 e. The van der Waals surface area contributed by atoms with E-state index in [1.807, 2.05) is 36.4 Å². The monoisotopic (exact) mass is 479 g/mol. The van der Waals surface area contributed by atoms with Crippen LogP contribution in [0, 0.1) is 6.92 Å². The summed E-state index contributed by atoms with van der Waals surface area (Å²) in [5.74, 6) is -1.52. The Morgan fingerprint density at radius 3 is 2.29 bits per heavy atom. The molecule has 9 heteroatoms. The van der Waals surface area contributed by atoms with Gasteiger partial charge < -0.3 is 20.1 Å². The first-order chi connectivity index (χ1) is 16.3. The first-order valence-corrected chi connectivity index (χ1v) is 11.6. The van der Waals surface area contributed by atoms with Crippen LogP contribution in [0.15, 0.2) is 48.5 Å². The van der Waals surface area contributed by atoms with Crippen LogP contribution in [0.3, 0.4) is 0 Å². The summed E-state index contributed by atoms with van der Waals surface area (Å²) < 4.78 is 9.57. The molecule has 1 aromatic heterocycles. The molecule has 0 aliphatic heterocycles.